The van der Waals surface area contributed by atoms with Crippen LogP contribution in [0.5, 0.6) is 0 Å². The van der Waals surface area contributed by atoms with Crippen LogP contribution in [0.4, 0.5) is 26.3 Å². The van der Waals surface area contributed by atoms with Gasteiger partial charge in [0.2, 0.25) is 5.91 Å². The summed E-state index contributed by atoms with van der Waals surface area (Å²) in [6.45, 7) is -0.172. The van der Waals surface area contributed by atoms with E-state index in [1.54, 1.807) is 0 Å². The maximum atomic E-state index is 14.1. The van der Waals surface area contributed by atoms with Gasteiger partial charge in [0.25, 0.3) is 0 Å². The van der Waals surface area contributed by atoms with Crippen LogP contribution in [0, 0.1) is 17.5 Å². The van der Waals surface area contributed by atoms with E-state index in [-0.39, 0.29) is 23.9 Å². The summed E-state index contributed by atoms with van der Waals surface area (Å²) in [7, 11) is 0. The van der Waals surface area contributed by atoms with E-state index in [2.05, 4.69) is 10.3 Å². The van der Waals surface area contributed by atoms with Gasteiger partial charge in [0, 0.05) is 23.7 Å². The van der Waals surface area contributed by atoms with Crippen LogP contribution in [0.1, 0.15) is 12.0 Å². The fourth-order valence-electron chi connectivity index (χ4n) is 2.97. The molecule has 0 aliphatic carbocycles. The lowest BCUT2D eigenvalue weighted by atomic mass is 10.0. The molecule has 3 rings (SSSR count). The smallest absolute Gasteiger partial charge is 0.355 e. The Labute approximate surface area is 155 Å². The molecule has 0 radical (unpaired) electrons. The number of benzene rings is 2. The Bertz CT molecular complexity index is 1010. The number of halogens is 6. The maximum absolute atomic E-state index is 14.1. The number of aromatic nitrogens is 1. The number of rotatable bonds is 5. The molecular weight excluding hydrogens is 386 g/mol. The second kappa shape index (κ2) is 7.57. The van der Waals surface area contributed by atoms with Gasteiger partial charge in [0.15, 0.2) is 0 Å². The van der Waals surface area contributed by atoms with Crippen molar-refractivity contribution in [1.82, 2.24) is 10.3 Å². The summed E-state index contributed by atoms with van der Waals surface area (Å²) in [6.07, 6.45) is -6.23. The third-order valence-corrected chi connectivity index (χ3v) is 4.12. The van der Waals surface area contributed by atoms with Crippen molar-refractivity contribution in [3.05, 3.63) is 59.4 Å². The number of H-pyrrole nitrogens is 1. The van der Waals surface area contributed by atoms with E-state index in [1.807, 2.05) is 0 Å². The summed E-state index contributed by atoms with van der Waals surface area (Å²) in [5, 5.41) is 2.34. The Morgan fingerprint density at radius 2 is 1.68 bits per heavy atom. The molecule has 1 amide bonds. The molecule has 28 heavy (non-hydrogen) atoms. The fourth-order valence-corrected chi connectivity index (χ4v) is 2.97. The molecule has 0 aliphatic rings. The first-order valence-corrected chi connectivity index (χ1v) is 8.23. The molecule has 0 fully saturated rings. The van der Waals surface area contributed by atoms with Crippen LogP contribution in [-0.2, 0) is 11.2 Å². The van der Waals surface area contributed by atoms with Crippen LogP contribution in [-0.4, -0.2) is 23.6 Å². The number of alkyl halides is 3. The minimum absolute atomic E-state index is 0.0114. The van der Waals surface area contributed by atoms with Crippen molar-refractivity contribution in [3.8, 4) is 11.3 Å². The lowest BCUT2D eigenvalue weighted by molar-refractivity contribution is -0.153. The second-order valence-electron chi connectivity index (χ2n) is 6.19. The Kier molecular flexibility index (Phi) is 5.35. The number of nitrogens with one attached hydrogen (secondary N) is 2. The van der Waals surface area contributed by atoms with E-state index in [0.717, 1.165) is 6.07 Å². The largest absolute Gasteiger partial charge is 0.397 e. The minimum Gasteiger partial charge on any atom is -0.355 e. The summed E-state index contributed by atoms with van der Waals surface area (Å²) < 4.78 is 77.7. The zero-order valence-corrected chi connectivity index (χ0v) is 14.3. The minimum atomic E-state index is -4.63. The van der Waals surface area contributed by atoms with Crippen LogP contribution in [0.15, 0.2) is 36.4 Å². The molecule has 0 saturated heterocycles. The lowest BCUT2D eigenvalue weighted by Crippen LogP contribution is -2.30. The molecular formula is C19H14F6N2O. The van der Waals surface area contributed by atoms with E-state index in [0.29, 0.717) is 22.9 Å². The highest BCUT2D eigenvalue weighted by atomic mass is 19.4. The van der Waals surface area contributed by atoms with Gasteiger partial charge in [-0.2, -0.15) is 13.2 Å². The van der Waals surface area contributed by atoms with Crippen molar-refractivity contribution in [2.75, 3.05) is 6.54 Å². The Hall–Kier alpha value is -2.97. The van der Waals surface area contributed by atoms with Crippen LogP contribution in [0.25, 0.3) is 22.2 Å². The van der Waals surface area contributed by atoms with Crippen molar-refractivity contribution >= 4 is 16.8 Å². The number of aromatic amines is 1. The van der Waals surface area contributed by atoms with Gasteiger partial charge in [-0.3, -0.25) is 4.79 Å². The van der Waals surface area contributed by atoms with E-state index in [4.69, 9.17) is 0 Å². The predicted molar refractivity (Wildman–Crippen MR) is 91.0 cm³/mol. The molecule has 1 heterocycles. The van der Waals surface area contributed by atoms with Crippen molar-refractivity contribution < 1.29 is 31.1 Å². The van der Waals surface area contributed by atoms with Gasteiger partial charge in [-0.15, -0.1) is 0 Å². The number of hydrogen-bond donors (Lipinski definition) is 2. The van der Waals surface area contributed by atoms with Crippen LogP contribution in [0.2, 0.25) is 0 Å². The molecule has 2 N–H and O–H groups in total. The topological polar surface area (TPSA) is 44.9 Å². The van der Waals surface area contributed by atoms with Crippen LogP contribution in [0.3, 0.4) is 0 Å². The molecule has 0 aliphatic heterocycles. The maximum Gasteiger partial charge on any atom is 0.397 e. The summed E-state index contributed by atoms with van der Waals surface area (Å²) in [4.78, 5) is 14.2. The SMILES string of the molecule is O=C(CC(F)(F)F)NCCc1c(-c2ccc(F)cc2)[nH]c2c(F)cc(F)cc12. The predicted octanol–water partition coefficient (Wildman–Crippen LogP) is 4.86. The van der Waals surface area contributed by atoms with Gasteiger partial charge in [-0.05, 0) is 47.9 Å². The molecule has 0 bridgehead atoms. The highest BCUT2D eigenvalue weighted by Crippen LogP contribution is 2.32. The summed E-state index contributed by atoms with van der Waals surface area (Å²) >= 11 is 0. The Balaban J connectivity index is 1.93. The molecule has 9 heteroatoms. The van der Waals surface area contributed by atoms with Crippen molar-refractivity contribution in [1.29, 1.82) is 0 Å². The first-order valence-electron chi connectivity index (χ1n) is 8.23. The van der Waals surface area contributed by atoms with Crippen LogP contribution < -0.4 is 5.32 Å². The summed E-state index contributed by atoms with van der Waals surface area (Å²) in [5.74, 6) is -3.35. The zero-order chi connectivity index (χ0) is 20.5. The zero-order valence-electron chi connectivity index (χ0n) is 14.3. The quantitative estimate of drug-likeness (QED) is 0.590. The highest BCUT2D eigenvalue weighted by Gasteiger charge is 2.31. The number of carbonyl (C=O) groups excluding carboxylic acids is 1. The van der Waals surface area contributed by atoms with E-state index in [1.165, 1.54) is 24.3 Å². The molecule has 0 spiro atoms. The number of hydrogen-bond acceptors (Lipinski definition) is 1. The van der Waals surface area contributed by atoms with Gasteiger partial charge in [-0.1, -0.05) is 0 Å². The second-order valence-corrected chi connectivity index (χ2v) is 6.19. The van der Waals surface area contributed by atoms with Gasteiger partial charge in [0.05, 0.1) is 5.52 Å². The Morgan fingerprint density at radius 1 is 1.00 bits per heavy atom. The molecule has 3 nitrogen and oxygen atoms in total. The van der Waals surface area contributed by atoms with Gasteiger partial charge in [-0.25, -0.2) is 13.2 Å². The number of amides is 1. The molecule has 0 saturated carbocycles. The first kappa shape index (κ1) is 19.8. The Morgan fingerprint density at radius 3 is 2.32 bits per heavy atom. The van der Waals surface area contributed by atoms with E-state index in [9.17, 15) is 31.1 Å². The van der Waals surface area contributed by atoms with E-state index < -0.39 is 36.0 Å². The van der Waals surface area contributed by atoms with E-state index >= 15 is 0 Å². The van der Waals surface area contributed by atoms with Gasteiger partial charge < -0.3 is 10.3 Å². The highest BCUT2D eigenvalue weighted by molar-refractivity contribution is 5.91. The number of fused-ring (bicyclic) bond motifs is 1. The third kappa shape index (κ3) is 4.47. The van der Waals surface area contributed by atoms with Crippen molar-refractivity contribution in [3.63, 3.8) is 0 Å². The number of carbonyl (C=O) groups is 1. The molecule has 1 aromatic heterocycles. The molecule has 2 aromatic carbocycles. The summed E-state index contributed by atoms with van der Waals surface area (Å²) in [6, 6.07) is 7.02. The van der Waals surface area contributed by atoms with Crippen molar-refractivity contribution in [2.45, 2.75) is 19.0 Å². The average molecular weight is 400 g/mol. The summed E-state index contributed by atoms with van der Waals surface area (Å²) in [5.41, 5.74) is 1.25. The molecule has 0 unspecified atom stereocenters. The standard InChI is InChI=1S/C19H14F6N2O/c20-11-3-1-10(2-4-11)17-13(5-6-26-16(28)9-19(23,24)25)14-7-12(21)8-15(22)18(14)27-17/h1-4,7-8,27H,5-6,9H2,(H,26,28). The third-order valence-electron chi connectivity index (χ3n) is 4.12. The van der Waals surface area contributed by atoms with Gasteiger partial charge >= 0.3 is 6.18 Å². The lowest BCUT2D eigenvalue weighted by Gasteiger charge is -2.09. The average Bonchev–Trinajstić information content (AvgIpc) is 2.93. The molecule has 0 atom stereocenters. The fraction of sp³-hybridized carbons (Fsp3) is 0.211. The monoisotopic (exact) mass is 400 g/mol. The van der Waals surface area contributed by atoms with Crippen molar-refractivity contribution in [2.24, 2.45) is 0 Å². The first-order chi connectivity index (χ1) is 13.1. The van der Waals surface area contributed by atoms with Gasteiger partial charge in [0.1, 0.15) is 23.9 Å². The van der Waals surface area contributed by atoms with Crippen LogP contribution >= 0.6 is 0 Å². The molecule has 3 aromatic rings. The molecule has 148 valence electrons. The normalized spacial score (nSPS) is 11.8.